The fourth-order valence-electron chi connectivity index (χ4n) is 9.49. The van der Waals surface area contributed by atoms with Gasteiger partial charge in [0.25, 0.3) is 0 Å². The van der Waals surface area contributed by atoms with Crippen LogP contribution in [0, 0.1) is 17.8 Å². The number of carbonyl (C=O) groups is 3. The molecule has 17 nitrogen and oxygen atoms in total. The zero-order valence-electron chi connectivity index (χ0n) is 39.0. The molecule has 5 rings (SSSR count). The molecule has 0 aliphatic carbocycles. The lowest BCUT2D eigenvalue weighted by Crippen LogP contribution is -2.61. The second kappa shape index (κ2) is 23.2. The van der Waals surface area contributed by atoms with Crippen molar-refractivity contribution in [3.8, 4) is 11.3 Å². The van der Waals surface area contributed by atoms with Crippen molar-refractivity contribution in [1.29, 1.82) is 0 Å². The van der Waals surface area contributed by atoms with Gasteiger partial charge < -0.3 is 50.5 Å². The summed E-state index contributed by atoms with van der Waals surface area (Å²) in [5.74, 6) is -3.27. The lowest BCUT2D eigenvalue weighted by Gasteiger charge is -2.47. The monoisotopic (exact) mass is 909 g/mol. The topological polar surface area (TPSA) is 219 Å². The molecule has 3 aliphatic rings. The van der Waals surface area contributed by atoms with Gasteiger partial charge in [0.05, 0.1) is 30.0 Å². The molecular formula is C44H73FN8O9S. The number of anilines is 1. The first-order valence-electron chi connectivity index (χ1n) is 22.1. The van der Waals surface area contributed by atoms with E-state index in [0.29, 0.717) is 57.4 Å². The molecule has 63 heavy (non-hydrogen) atoms. The Bertz CT molecular complexity index is 1800. The SMILES string of the molecule is CC[C@H]1OC(=O)[C@H](C)C(=O)[C@H](C)[C@@H](O[C@@H]2O[C@H](CN)CC(N(C)C)C2O)[C@](C)(OC)C[C@@H](C)CN[C@H](C)[C@H]2N(CCCCn3cc(-c4cccc(N)c4)nn3)C(=O)O[C@]12C.CSF. The second-order valence-corrected chi connectivity index (χ2v) is 18.3. The fourth-order valence-corrected chi connectivity index (χ4v) is 9.49. The standard InChI is InChI=1S/C43H70N8O9.CH3FS/c1-11-34-43(7)37(51(41(55)60-43)18-13-12-17-50-24-32(47-48-50)29-15-14-16-30(45)19-29)28(5)46-23-25(2)21-42(6,56-10)38(26(3)35(52)27(4)39(54)58-34)59-40-36(53)33(49(8)9)20-31(22-44)57-40;1-3-2/h14-16,19,24-28,31,33-34,36-38,40,46,53H,11-13,17-18,20-23,44-45H2,1-10H3;1H3/t25-,26+,27-,28-,31+,33?,34-,36?,37-,38-,40+,42-,43-;/m1./s1. The summed E-state index contributed by atoms with van der Waals surface area (Å²) in [7, 11) is 5.32. The largest absolute Gasteiger partial charge is 0.458 e. The number of nitrogens with two attached hydrogens (primary N) is 2. The van der Waals surface area contributed by atoms with Crippen molar-refractivity contribution in [2.75, 3.05) is 52.8 Å². The number of benzene rings is 1. The van der Waals surface area contributed by atoms with Crippen LogP contribution in [0.2, 0.25) is 0 Å². The number of hydrogen-bond acceptors (Lipinski definition) is 16. The maximum absolute atomic E-state index is 14.4. The maximum Gasteiger partial charge on any atom is 0.410 e. The van der Waals surface area contributed by atoms with E-state index in [1.807, 2.05) is 77.2 Å². The number of nitrogens with zero attached hydrogens (tertiary/aromatic N) is 5. The van der Waals surface area contributed by atoms with Gasteiger partial charge in [-0.3, -0.25) is 19.2 Å². The molecule has 0 saturated carbocycles. The molecule has 1 aromatic carbocycles. The quantitative estimate of drug-likeness (QED) is 0.100. The Morgan fingerprint density at radius 1 is 1.13 bits per heavy atom. The summed E-state index contributed by atoms with van der Waals surface area (Å²) in [6.07, 6.45) is 1.06. The number of aromatic nitrogens is 3. The number of unbranched alkanes of at least 4 members (excludes halogenated alkanes) is 1. The van der Waals surface area contributed by atoms with Crippen LogP contribution in [-0.2, 0) is 39.8 Å². The number of fused-ring (bicyclic) bond motifs is 1. The van der Waals surface area contributed by atoms with Crippen molar-refractivity contribution in [3.63, 3.8) is 0 Å². The highest BCUT2D eigenvalue weighted by atomic mass is 32.2. The van der Waals surface area contributed by atoms with Gasteiger partial charge in [0.15, 0.2) is 17.7 Å². The van der Waals surface area contributed by atoms with E-state index in [1.54, 1.807) is 23.6 Å². The number of nitrogen functional groups attached to an aromatic ring is 1. The van der Waals surface area contributed by atoms with E-state index in [4.69, 9.17) is 35.2 Å². The summed E-state index contributed by atoms with van der Waals surface area (Å²) >= 11 is 0.250. The van der Waals surface area contributed by atoms with Crippen molar-refractivity contribution in [3.05, 3.63) is 30.5 Å². The van der Waals surface area contributed by atoms with Crippen LogP contribution in [-0.4, -0.2) is 155 Å². The number of ether oxygens (including phenoxy) is 5. The number of esters is 1. The Balaban J connectivity index is 0.00000282. The van der Waals surface area contributed by atoms with Gasteiger partial charge in [-0.25, -0.2) is 4.79 Å². The number of halogens is 1. The van der Waals surface area contributed by atoms with Crippen molar-refractivity contribution in [1.82, 2.24) is 30.1 Å². The molecule has 2 unspecified atom stereocenters. The summed E-state index contributed by atoms with van der Waals surface area (Å²) in [6.45, 7) is 14.6. The molecule has 13 atom stereocenters. The molecule has 19 heteroatoms. The molecule has 0 bridgehead atoms. The Morgan fingerprint density at radius 2 is 1.81 bits per heavy atom. The van der Waals surface area contributed by atoms with Crippen LogP contribution in [0.5, 0.6) is 0 Å². The van der Waals surface area contributed by atoms with E-state index in [-0.39, 0.29) is 42.8 Å². The van der Waals surface area contributed by atoms with Gasteiger partial charge in [0.2, 0.25) is 0 Å². The molecule has 3 aliphatic heterocycles. The van der Waals surface area contributed by atoms with Crippen molar-refractivity contribution in [2.24, 2.45) is 23.5 Å². The van der Waals surface area contributed by atoms with Crippen LogP contribution in [0.15, 0.2) is 30.5 Å². The summed E-state index contributed by atoms with van der Waals surface area (Å²) < 4.78 is 43.5. The van der Waals surface area contributed by atoms with E-state index in [9.17, 15) is 23.4 Å². The number of hydrogen-bond donors (Lipinski definition) is 4. The summed E-state index contributed by atoms with van der Waals surface area (Å²) in [5.41, 5.74) is 12.0. The van der Waals surface area contributed by atoms with Crippen LogP contribution >= 0.6 is 12.1 Å². The lowest BCUT2D eigenvalue weighted by molar-refractivity contribution is -0.296. The smallest absolute Gasteiger partial charge is 0.410 e. The van der Waals surface area contributed by atoms with Crippen LogP contribution in [0.4, 0.5) is 14.4 Å². The number of aryl methyl sites for hydroxylation is 1. The third-order valence-electron chi connectivity index (χ3n) is 13.0. The van der Waals surface area contributed by atoms with Gasteiger partial charge in [-0.1, -0.05) is 38.1 Å². The summed E-state index contributed by atoms with van der Waals surface area (Å²) in [4.78, 5) is 45.9. The Kier molecular flexibility index (Phi) is 19.2. The molecule has 6 N–H and O–H groups in total. The zero-order chi connectivity index (χ0) is 46.8. The van der Waals surface area contributed by atoms with Gasteiger partial charge in [0, 0.05) is 74.4 Å². The maximum atomic E-state index is 14.4. The number of amides is 1. The lowest BCUT2D eigenvalue weighted by atomic mass is 9.78. The highest BCUT2D eigenvalue weighted by Gasteiger charge is 2.58. The normalized spacial score (nSPS) is 34.6. The van der Waals surface area contributed by atoms with Gasteiger partial charge >= 0.3 is 12.1 Å². The number of rotatable bonds is 12. The van der Waals surface area contributed by atoms with E-state index in [0.717, 1.165) is 11.3 Å². The average molecular weight is 909 g/mol. The predicted molar refractivity (Wildman–Crippen MR) is 240 cm³/mol. The highest BCUT2D eigenvalue weighted by Crippen LogP contribution is 2.40. The van der Waals surface area contributed by atoms with Gasteiger partial charge in [-0.05, 0) is 98.5 Å². The van der Waals surface area contributed by atoms with Crippen LogP contribution in [0.1, 0.15) is 80.6 Å². The number of methoxy groups -OCH3 is 1. The molecule has 356 valence electrons. The molecule has 1 amide bonds. The number of aliphatic hydroxyl groups is 1. The molecule has 4 heterocycles. The average Bonchev–Trinajstić information content (AvgIpc) is 3.83. The Morgan fingerprint density at radius 3 is 2.43 bits per heavy atom. The minimum absolute atomic E-state index is 0.0330. The van der Waals surface area contributed by atoms with Gasteiger partial charge in [-0.15, -0.1) is 5.10 Å². The molecule has 0 radical (unpaired) electrons. The zero-order valence-corrected chi connectivity index (χ0v) is 39.8. The third-order valence-corrected chi connectivity index (χ3v) is 13.0. The molecular weight excluding hydrogens is 836 g/mol. The number of Topliss-reactive ketones (excluding diaryl/α,β-unsaturated/α-hetero) is 1. The first-order valence-corrected chi connectivity index (χ1v) is 23.2. The molecule has 3 saturated heterocycles. The molecule has 1 aromatic heterocycles. The number of aliphatic hydroxyl groups excluding tert-OH is 1. The number of likely N-dealkylation sites (N-methyl/N-ethyl adjacent to an activating group) is 1. The van der Waals surface area contributed by atoms with Crippen molar-refractivity contribution in [2.45, 2.75) is 147 Å². The van der Waals surface area contributed by atoms with Crippen LogP contribution in [0.25, 0.3) is 11.3 Å². The van der Waals surface area contributed by atoms with Gasteiger partial charge in [-0.2, -0.15) is 3.89 Å². The molecule has 3 fully saturated rings. The van der Waals surface area contributed by atoms with Crippen LogP contribution in [0.3, 0.4) is 0 Å². The van der Waals surface area contributed by atoms with E-state index >= 15 is 0 Å². The number of carbonyl (C=O) groups excluding carboxylic acids is 3. The first-order chi connectivity index (χ1) is 29.8. The van der Waals surface area contributed by atoms with Crippen LogP contribution < -0.4 is 16.8 Å². The molecule has 0 spiro atoms. The number of ketones is 1. The number of nitrogens with one attached hydrogen (secondary N) is 1. The van der Waals surface area contributed by atoms with Crippen molar-refractivity contribution < 1.29 is 47.1 Å². The number of cyclic esters (lactones) is 1. The third kappa shape index (κ3) is 12.5. The predicted octanol–water partition coefficient (Wildman–Crippen LogP) is 4.46. The van der Waals surface area contributed by atoms with Gasteiger partial charge in [0.1, 0.15) is 23.8 Å². The minimum atomic E-state index is -1.24. The summed E-state index contributed by atoms with van der Waals surface area (Å²) in [5, 5.41) is 23.8. The highest BCUT2D eigenvalue weighted by molar-refractivity contribution is 7.93. The van der Waals surface area contributed by atoms with E-state index in [1.165, 1.54) is 13.2 Å². The minimum Gasteiger partial charge on any atom is -0.458 e. The fraction of sp³-hybridized carbons (Fsp3) is 0.750. The summed E-state index contributed by atoms with van der Waals surface area (Å²) in [6, 6.07) is 6.35. The van der Waals surface area contributed by atoms with E-state index in [2.05, 4.69) is 22.6 Å². The Labute approximate surface area is 377 Å². The first kappa shape index (κ1) is 52.2. The second-order valence-electron chi connectivity index (χ2n) is 18.0. The molecule has 2 aromatic rings. The van der Waals surface area contributed by atoms with E-state index < -0.39 is 71.5 Å². The Hall–Kier alpha value is -3.43. The van der Waals surface area contributed by atoms with Crippen molar-refractivity contribution >= 4 is 35.7 Å².